The number of halogens is 3. The second kappa shape index (κ2) is 11.3. The number of sulfonamides is 1. The number of carboxylic acid groups (broad SMARTS) is 1. The fourth-order valence-corrected chi connectivity index (χ4v) is 5.44. The van der Waals surface area contributed by atoms with Gasteiger partial charge >= 0.3 is 12.1 Å². The molecule has 1 aromatic carbocycles. The lowest BCUT2D eigenvalue weighted by atomic mass is 9.82. The predicted octanol–water partition coefficient (Wildman–Crippen LogP) is 5.44. The molecule has 1 fully saturated rings. The molecule has 40 heavy (non-hydrogen) atoms. The van der Waals surface area contributed by atoms with E-state index in [1.54, 1.807) is 24.0 Å². The van der Waals surface area contributed by atoms with Crippen LogP contribution in [-0.4, -0.2) is 49.2 Å². The van der Waals surface area contributed by atoms with Gasteiger partial charge in [-0.25, -0.2) is 9.97 Å². The van der Waals surface area contributed by atoms with Gasteiger partial charge in [-0.15, -0.1) is 0 Å². The molecule has 1 saturated heterocycles. The maximum atomic E-state index is 13.9. The summed E-state index contributed by atoms with van der Waals surface area (Å²) in [6.07, 6.45) is -3.06. The van der Waals surface area contributed by atoms with Gasteiger partial charge in [-0.1, -0.05) is 25.1 Å². The topological polar surface area (TPSA) is 122 Å². The molecule has 3 heterocycles. The van der Waals surface area contributed by atoms with Crippen LogP contribution in [0.4, 0.5) is 24.8 Å². The van der Waals surface area contributed by atoms with Crippen molar-refractivity contribution in [3.63, 3.8) is 0 Å². The standard InChI is InChI=1S/C27H29F3N4O5S/c1-3-16-39-20-9-5-4-8-18(20)24-19(27(28,29)30)12-13-21(31-24)33-40(37,38)23-11-6-10-22(32-23)34-15-7-14-26(2,17-34)25(35)36/h4-6,8-13H,3,7,14-17H2,1-2H3,(H,31,33)(H,35,36). The van der Waals surface area contributed by atoms with E-state index >= 15 is 0 Å². The molecule has 0 radical (unpaired) electrons. The van der Waals surface area contributed by atoms with Crippen molar-refractivity contribution in [1.29, 1.82) is 0 Å². The minimum Gasteiger partial charge on any atom is -0.493 e. The van der Waals surface area contributed by atoms with E-state index in [-0.39, 0.29) is 41.1 Å². The summed E-state index contributed by atoms with van der Waals surface area (Å²) >= 11 is 0. The van der Waals surface area contributed by atoms with E-state index in [4.69, 9.17) is 4.74 Å². The van der Waals surface area contributed by atoms with Crippen molar-refractivity contribution in [2.24, 2.45) is 5.41 Å². The van der Waals surface area contributed by atoms with Crippen LogP contribution in [0.1, 0.15) is 38.7 Å². The highest BCUT2D eigenvalue weighted by Gasteiger charge is 2.39. The zero-order valence-electron chi connectivity index (χ0n) is 21.9. The number of anilines is 2. The molecule has 1 unspecified atom stereocenters. The lowest BCUT2D eigenvalue weighted by molar-refractivity contribution is -0.148. The van der Waals surface area contributed by atoms with Crippen molar-refractivity contribution >= 4 is 27.6 Å². The molecular formula is C27H29F3N4O5S. The number of hydrogen-bond donors (Lipinski definition) is 2. The molecule has 3 aromatic rings. The van der Waals surface area contributed by atoms with Crippen LogP contribution in [0.3, 0.4) is 0 Å². The van der Waals surface area contributed by atoms with Gasteiger partial charge in [0.05, 0.1) is 23.3 Å². The average molecular weight is 579 g/mol. The minimum absolute atomic E-state index is 0.0658. The molecule has 13 heteroatoms. The van der Waals surface area contributed by atoms with E-state index in [2.05, 4.69) is 14.7 Å². The van der Waals surface area contributed by atoms with Crippen LogP contribution >= 0.6 is 0 Å². The Labute approximate surface area is 230 Å². The molecular weight excluding hydrogens is 549 g/mol. The third-order valence-corrected chi connectivity index (χ3v) is 7.82. The summed E-state index contributed by atoms with van der Waals surface area (Å²) in [5, 5.41) is 9.22. The molecule has 1 atom stereocenters. The second-order valence-corrected chi connectivity index (χ2v) is 11.4. The number of pyridine rings is 2. The molecule has 0 amide bonds. The van der Waals surface area contributed by atoms with Gasteiger partial charge < -0.3 is 14.7 Å². The molecule has 9 nitrogen and oxygen atoms in total. The smallest absolute Gasteiger partial charge is 0.418 e. The maximum absolute atomic E-state index is 13.9. The summed E-state index contributed by atoms with van der Waals surface area (Å²) in [6.45, 7) is 4.40. The quantitative estimate of drug-likeness (QED) is 0.344. The SMILES string of the molecule is CCCOc1ccccc1-c1nc(NS(=O)(=O)c2cccc(N3CCCC(C)(C(=O)O)C3)n2)ccc1C(F)(F)F. The van der Waals surface area contributed by atoms with E-state index in [1.165, 1.54) is 30.3 Å². The van der Waals surface area contributed by atoms with Crippen molar-refractivity contribution in [2.45, 2.75) is 44.3 Å². The first-order valence-corrected chi connectivity index (χ1v) is 14.1. The van der Waals surface area contributed by atoms with E-state index in [1.807, 2.05) is 6.92 Å². The van der Waals surface area contributed by atoms with E-state index < -0.39 is 38.8 Å². The van der Waals surface area contributed by atoms with Crippen LogP contribution in [0.25, 0.3) is 11.3 Å². The van der Waals surface area contributed by atoms with Gasteiger partial charge in [0.1, 0.15) is 17.4 Å². The zero-order chi connectivity index (χ0) is 29.1. The number of ether oxygens (including phenoxy) is 1. The van der Waals surface area contributed by atoms with Gasteiger partial charge in [-0.2, -0.15) is 21.6 Å². The number of hydrogen-bond acceptors (Lipinski definition) is 7. The highest BCUT2D eigenvalue weighted by atomic mass is 32.2. The Morgan fingerprint density at radius 2 is 1.88 bits per heavy atom. The fourth-order valence-electron chi connectivity index (χ4n) is 4.48. The second-order valence-electron chi connectivity index (χ2n) is 9.77. The number of nitrogens with one attached hydrogen (secondary N) is 1. The molecule has 0 aliphatic carbocycles. The Hall–Kier alpha value is -3.87. The molecule has 4 rings (SSSR count). The molecule has 2 N–H and O–H groups in total. The molecule has 0 saturated carbocycles. The van der Waals surface area contributed by atoms with E-state index in [0.29, 0.717) is 25.8 Å². The first-order chi connectivity index (χ1) is 18.8. The number of alkyl halides is 3. The summed E-state index contributed by atoms with van der Waals surface area (Å²) in [4.78, 5) is 21.7. The zero-order valence-corrected chi connectivity index (χ0v) is 22.7. The van der Waals surface area contributed by atoms with Crippen LogP contribution < -0.4 is 14.4 Å². The highest BCUT2D eigenvalue weighted by Crippen LogP contribution is 2.40. The number of benzene rings is 1. The first-order valence-electron chi connectivity index (χ1n) is 12.6. The Bertz CT molecular complexity index is 1500. The summed E-state index contributed by atoms with van der Waals surface area (Å²) in [5.74, 6) is -0.824. The number of carboxylic acids is 1. The summed E-state index contributed by atoms with van der Waals surface area (Å²) < 4.78 is 76.0. The average Bonchev–Trinajstić information content (AvgIpc) is 2.91. The Balaban J connectivity index is 1.68. The number of aromatic nitrogens is 2. The number of aliphatic carboxylic acids is 1. The normalized spacial score (nSPS) is 17.9. The monoisotopic (exact) mass is 578 g/mol. The Morgan fingerprint density at radius 3 is 2.58 bits per heavy atom. The van der Waals surface area contributed by atoms with Gasteiger partial charge in [-0.3, -0.25) is 9.52 Å². The summed E-state index contributed by atoms with van der Waals surface area (Å²) in [6, 6.07) is 12.1. The van der Waals surface area contributed by atoms with E-state index in [0.717, 1.165) is 12.1 Å². The third-order valence-electron chi connectivity index (χ3n) is 6.56. The number of nitrogens with zero attached hydrogens (tertiary/aromatic N) is 3. The summed E-state index contributed by atoms with van der Waals surface area (Å²) in [5.41, 5.74) is -2.47. The lowest BCUT2D eigenvalue weighted by Crippen LogP contribution is -2.46. The van der Waals surface area contributed by atoms with Gasteiger partial charge in [-0.05, 0) is 62.6 Å². The number of piperidine rings is 1. The molecule has 1 aliphatic rings. The van der Waals surface area contributed by atoms with E-state index in [9.17, 15) is 31.5 Å². The van der Waals surface area contributed by atoms with Crippen LogP contribution in [0.2, 0.25) is 0 Å². The minimum atomic E-state index is -4.76. The number of para-hydroxylation sites is 1. The fraction of sp³-hybridized carbons (Fsp3) is 0.370. The third kappa shape index (κ3) is 6.30. The highest BCUT2D eigenvalue weighted by molar-refractivity contribution is 7.92. The van der Waals surface area contributed by atoms with Crippen LogP contribution in [-0.2, 0) is 21.0 Å². The van der Waals surface area contributed by atoms with Crippen molar-refractivity contribution in [3.8, 4) is 17.0 Å². The van der Waals surface area contributed by atoms with Crippen LogP contribution in [0.5, 0.6) is 5.75 Å². The molecule has 0 bridgehead atoms. The molecule has 2 aromatic heterocycles. The predicted molar refractivity (Wildman–Crippen MR) is 143 cm³/mol. The molecule has 0 spiro atoms. The van der Waals surface area contributed by atoms with Crippen molar-refractivity contribution in [1.82, 2.24) is 9.97 Å². The summed E-state index contributed by atoms with van der Waals surface area (Å²) in [7, 11) is -4.37. The Kier molecular flexibility index (Phi) is 8.24. The molecule has 1 aliphatic heterocycles. The largest absolute Gasteiger partial charge is 0.493 e. The van der Waals surface area contributed by atoms with Gasteiger partial charge in [0, 0.05) is 18.7 Å². The lowest BCUT2D eigenvalue weighted by Gasteiger charge is -2.38. The molecule has 214 valence electrons. The van der Waals surface area contributed by atoms with Crippen molar-refractivity contribution < 1.29 is 36.2 Å². The maximum Gasteiger partial charge on any atom is 0.418 e. The first kappa shape index (κ1) is 29.1. The van der Waals surface area contributed by atoms with Gasteiger partial charge in [0.2, 0.25) is 0 Å². The van der Waals surface area contributed by atoms with Crippen LogP contribution in [0.15, 0.2) is 59.6 Å². The van der Waals surface area contributed by atoms with Crippen LogP contribution in [0, 0.1) is 5.41 Å². The number of carbonyl (C=O) groups is 1. The van der Waals surface area contributed by atoms with Crippen molar-refractivity contribution in [3.05, 3.63) is 60.2 Å². The van der Waals surface area contributed by atoms with Gasteiger partial charge in [0.25, 0.3) is 10.0 Å². The Morgan fingerprint density at radius 1 is 1.12 bits per heavy atom. The van der Waals surface area contributed by atoms with Crippen molar-refractivity contribution in [2.75, 3.05) is 29.3 Å². The number of rotatable bonds is 9. The van der Waals surface area contributed by atoms with Gasteiger partial charge in [0.15, 0.2) is 5.03 Å².